The standard InChI is InChI=1S/C32H43N3O3S/c1-4-7-8-9-13-21-34(26-17-19-27(20-18-26)39-29(14-5-2)32(37)38)22-23-35-30(6-3)33-28(24-31(35)36)25-15-11-10-12-16-25/h10-12,15-20,24,29H,4-9,13-14,21-23H2,1-3H3,(H,37,38). The molecule has 39 heavy (non-hydrogen) atoms. The lowest BCUT2D eigenvalue weighted by Gasteiger charge is -2.26. The molecule has 1 aromatic heterocycles. The van der Waals surface area contributed by atoms with Gasteiger partial charge in [-0.25, -0.2) is 4.98 Å². The first-order valence-electron chi connectivity index (χ1n) is 14.4. The van der Waals surface area contributed by atoms with E-state index in [1.54, 1.807) is 6.07 Å². The third-order valence-corrected chi connectivity index (χ3v) is 8.17. The van der Waals surface area contributed by atoms with Gasteiger partial charge in [0.1, 0.15) is 11.1 Å². The van der Waals surface area contributed by atoms with Crippen molar-refractivity contribution in [1.82, 2.24) is 9.55 Å². The van der Waals surface area contributed by atoms with E-state index in [4.69, 9.17) is 4.98 Å². The number of carbonyl (C=O) groups is 1. The zero-order valence-corrected chi connectivity index (χ0v) is 24.5. The molecule has 1 heterocycles. The first kappa shape index (κ1) is 30.5. The molecule has 0 aliphatic rings. The molecule has 0 spiro atoms. The van der Waals surface area contributed by atoms with Crippen LogP contribution < -0.4 is 10.5 Å². The molecular formula is C32H43N3O3S. The van der Waals surface area contributed by atoms with Crippen LogP contribution in [0.5, 0.6) is 0 Å². The Morgan fingerprint density at radius 1 is 0.949 bits per heavy atom. The van der Waals surface area contributed by atoms with E-state index >= 15 is 0 Å². The van der Waals surface area contributed by atoms with Crippen LogP contribution in [-0.2, 0) is 17.8 Å². The number of nitrogens with zero attached hydrogens (tertiary/aromatic N) is 3. The summed E-state index contributed by atoms with van der Waals surface area (Å²) < 4.78 is 1.81. The molecule has 0 radical (unpaired) electrons. The Labute approximate surface area is 237 Å². The number of rotatable bonds is 17. The zero-order valence-electron chi connectivity index (χ0n) is 23.6. The number of thioether (sulfide) groups is 1. The molecule has 7 heteroatoms. The summed E-state index contributed by atoms with van der Waals surface area (Å²) in [5.74, 6) is 0.0373. The van der Waals surface area contributed by atoms with Gasteiger partial charge in [0.05, 0.1) is 5.69 Å². The summed E-state index contributed by atoms with van der Waals surface area (Å²) in [4.78, 5) is 32.9. The Hall–Kier alpha value is -3.06. The van der Waals surface area contributed by atoms with E-state index in [0.717, 1.165) is 47.1 Å². The molecule has 0 saturated heterocycles. The molecule has 2 aromatic carbocycles. The van der Waals surface area contributed by atoms with Gasteiger partial charge >= 0.3 is 5.97 Å². The Kier molecular flexibility index (Phi) is 12.6. The molecular weight excluding hydrogens is 506 g/mol. The molecule has 1 unspecified atom stereocenters. The number of anilines is 1. The Balaban J connectivity index is 1.77. The van der Waals surface area contributed by atoms with E-state index in [9.17, 15) is 14.7 Å². The Morgan fingerprint density at radius 3 is 2.31 bits per heavy atom. The minimum atomic E-state index is -0.760. The average molecular weight is 550 g/mol. The molecule has 1 atom stereocenters. The second-order valence-electron chi connectivity index (χ2n) is 9.90. The highest BCUT2D eigenvalue weighted by Crippen LogP contribution is 2.29. The van der Waals surface area contributed by atoms with Crippen LogP contribution in [-0.4, -0.2) is 39.0 Å². The summed E-state index contributed by atoms with van der Waals surface area (Å²) >= 11 is 1.41. The second-order valence-corrected chi connectivity index (χ2v) is 11.2. The summed E-state index contributed by atoms with van der Waals surface area (Å²) in [5, 5.41) is 9.10. The number of aromatic nitrogens is 2. The number of aliphatic carboxylic acids is 1. The summed E-state index contributed by atoms with van der Waals surface area (Å²) in [6, 6.07) is 19.7. The minimum Gasteiger partial charge on any atom is -0.480 e. The first-order valence-corrected chi connectivity index (χ1v) is 15.2. The van der Waals surface area contributed by atoms with Crippen molar-refractivity contribution in [2.24, 2.45) is 0 Å². The lowest BCUT2D eigenvalue weighted by molar-refractivity contribution is -0.136. The highest BCUT2D eigenvalue weighted by atomic mass is 32.2. The van der Waals surface area contributed by atoms with Gasteiger partial charge in [-0.1, -0.05) is 83.2 Å². The largest absolute Gasteiger partial charge is 0.480 e. The maximum atomic E-state index is 13.2. The highest BCUT2D eigenvalue weighted by Gasteiger charge is 2.18. The molecule has 1 N–H and O–H groups in total. The van der Waals surface area contributed by atoms with Crippen LogP contribution in [0, 0.1) is 0 Å². The van der Waals surface area contributed by atoms with Gasteiger partial charge < -0.3 is 10.0 Å². The molecule has 6 nitrogen and oxygen atoms in total. The molecule has 0 aliphatic heterocycles. The van der Waals surface area contributed by atoms with Crippen LogP contribution in [0.4, 0.5) is 5.69 Å². The topological polar surface area (TPSA) is 75.4 Å². The van der Waals surface area contributed by atoms with E-state index in [-0.39, 0.29) is 5.56 Å². The average Bonchev–Trinajstić information content (AvgIpc) is 2.95. The van der Waals surface area contributed by atoms with Crippen molar-refractivity contribution in [2.75, 3.05) is 18.0 Å². The van der Waals surface area contributed by atoms with Gasteiger partial charge in [-0.2, -0.15) is 0 Å². The van der Waals surface area contributed by atoms with E-state index in [1.165, 1.54) is 37.4 Å². The van der Waals surface area contributed by atoms with E-state index in [2.05, 4.69) is 24.0 Å². The second kappa shape index (κ2) is 16.1. The monoisotopic (exact) mass is 549 g/mol. The summed E-state index contributed by atoms with van der Waals surface area (Å²) in [6.45, 7) is 8.45. The van der Waals surface area contributed by atoms with Gasteiger partial charge in [-0.05, 0) is 37.1 Å². The molecule has 210 valence electrons. The van der Waals surface area contributed by atoms with E-state index in [1.807, 2.05) is 60.9 Å². The van der Waals surface area contributed by atoms with Crippen molar-refractivity contribution in [1.29, 1.82) is 0 Å². The lowest BCUT2D eigenvalue weighted by atomic mass is 10.1. The van der Waals surface area contributed by atoms with Crippen LogP contribution >= 0.6 is 11.8 Å². The molecule has 3 aromatic rings. The van der Waals surface area contributed by atoms with E-state index in [0.29, 0.717) is 25.9 Å². The molecule has 0 bridgehead atoms. The van der Waals surface area contributed by atoms with E-state index < -0.39 is 11.2 Å². The van der Waals surface area contributed by atoms with Crippen LogP contribution in [0.15, 0.2) is 70.4 Å². The molecule has 0 saturated carbocycles. The van der Waals surface area contributed by atoms with Crippen LogP contribution in [0.25, 0.3) is 11.3 Å². The van der Waals surface area contributed by atoms with Gasteiger partial charge in [-0.3, -0.25) is 14.2 Å². The Morgan fingerprint density at radius 2 is 1.67 bits per heavy atom. The number of aryl methyl sites for hydroxylation is 1. The number of unbranched alkanes of at least 4 members (excludes halogenated alkanes) is 4. The zero-order chi connectivity index (χ0) is 28.0. The minimum absolute atomic E-state index is 0.0222. The highest BCUT2D eigenvalue weighted by molar-refractivity contribution is 8.00. The predicted molar refractivity (Wildman–Crippen MR) is 163 cm³/mol. The molecule has 0 aliphatic carbocycles. The number of hydrogen-bond acceptors (Lipinski definition) is 5. The number of carboxylic acids is 1. The molecule has 0 amide bonds. The number of hydrogen-bond donors (Lipinski definition) is 1. The SMILES string of the molecule is CCCCCCCN(CCn1c(CC)nc(-c2ccccc2)cc1=O)c1ccc(SC(CCC)C(=O)O)cc1. The summed E-state index contributed by atoms with van der Waals surface area (Å²) in [5.41, 5.74) is 2.74. The lowest BCUT2D eigenvalue weighted by Crippen LogP contribution is -2.33. The smallest absolute Gasteiger partial charge is 0.316 e. The Bertz CT molecular complexity index is 1210. The summed E-state index contributed by atoms with van der Waals surface area (Å²) in [7, 11) is 0. The maximum Gasteiger partial charge on any atom is 0.316 e. The van der Waals surface area contributed by atoms with Crippen LogP contribution in [0.1, 0.15) is 71.5 Å². The van der Waals surface area contributed by atoms with Crippen LogP contribution in [0.3, 0.4) is 0 Å². The first-order chi connectivity index (χ1) is 19.0. The number of carboxylic acid groups (broad SMARTS) is 1. The van der Waals surface area contributed by atoms with Gasteiger partial charge in [0.15, 0.2) is 0 Å². The fraction of sp³-hybridized carbons (Fsp3) is 0.469. The fourth-order valence-corrected chi connectivity index (χ4v) is 5.79. The van der Waals surface area contributed by atoms with Crippen molar-refractivity contribution in [3.05, 3.63) is 76.8 Å². The third-order valence-electron chi connectivity index (χ3n) is 6.90. The predicted octanol–water partition coefficient (Wildman–Crippen LogP) is 7.30. The van der Waals surface area contributed by atoms with Crippen molar-refractivity contribution in [2.45, 2.75) is 88.8 Å². The quantitative estimate of drug-likeness (QED) is 0.141. The molecule has 3 rings (SSSR count). The van der Waals surface area contributed by atoms with Crippen LogP contribution in [0.2, 0.25) is 0 Å². The van der Waals surface area contributed by atoms with Gasteiger partial charge in [0.25, 0.3) is 5.56 Å². The van der Waals surface area contributed by atoms with Gasteiger partial charge in [-0.15, -0.1) is 11.8 Å². The molecule has 0 fully saturated rings. The van der Waals surface area contributed by atoms with Gasteiger partial charge in [0, 0.05) is 48.3 Å². The fourth-order valence-electron chi connectivity index (χ4n) is 4.71. The van der Waals surface area contributed by atoms with Crippen molar-refractivity contribution < 1.29 is 9.90 Å². The van der Waals surface area contributed by atoms with Gasteiger partial charge in [0.2, 0.25) is 0 Å². The number of benzene rings is 2. The summed E-state index contributed by atoms with van der Waals surface area (Å²) in [6.07, 6.45) is 8.15. The maximum absolute atomic E-state index is 13.2. The third kappa shape index (κ3) is 9.27. The van der Waals surface area contributed by atoms with Crippen molar-refractivity contribution >= 4 is 23.4 Å². The normalized spacial score (nSPS) is 11.9. The van der Waals surface area contributed by atoms with Crippen molar-refractivity contribution in [3.8, 4) is 11.3 Å². The van der Waals surface area contributed by atoms with Crippen molar-refractivity contribution in [3.63, 3.8) is 0 Å².